The number of carbonyl (C=O) groups excluding carboxylic acids is 1. The van der Waals surface area contributed by atoms with Gasteiger partial charge in [-0.1, -0.05) is 34.1 Å². The van der Waals surface area contributed by atoms with E-state index in [1.807, 2.05) is 4.90 Å². The van der Waals surface area contributed by atoms with E-state index in [2.05, 4.69) is 33.0 Å². The van der Waals surface area contributed by atoms with Gasteiger partial charge in [0.05, 0.1) is 18.9 Å². The molecule has 1 saturated heterocycles. The van der Waals surface area contributed by atoms with Crippen LogP contribution in [-0.4, -0.2) is 36.2 Å². The summed E-state index contributed by atoms with van der Waals surface area (Å²) >= 11 is 0. The topological polar surface area (TPSA) is 32.3 Å². The molecule has 0 spiro atoms. The Labute approximate surface area is 104 Å². The van der Waals surface area contributed by atoms with Crippen molar-refractivity contribution in [1.82, 2.24) is 10.2 Å². The van der Waals surface area contributed by atoms with Gasteiger partial charge in [0.2, 0.25) is 5.91 Å². The fourth-order valence-electron chi connectivity index (χ4n) is 2.34. The van der Waals surface area contributed by atoms with Crippen LogP contribution in [0.25, 0.3) is 0 Å². The van der Waals surface area contributed by atoms with Crippen LogP contribution in [0.15, 0.2) is 0 Å². The van der Waals surface area contributed by atoms with E-state index < -0.39 is 0 Å². The first-order valence-corrected chi connectivity index (χ1v) is 6.65. The van der Waals surface area contributed by atoms with Crippen molar-refractivity contribution in [2.24, 2.45) is 11.8 Å². The summed E-state index contributed by atoms with van der Waals surface area (Å²) in [7, 11) is 0. The van der Waals surface area contributed by atoms with Gasteiger partial charge < -0.3 is 4.90 Å². The van der Waals surface area contributed by atoms with Gasteiger partial charge in [0.1, 0.15) is 0 Å². The van der Waals surface area contributed by atoms with Crippen molar-refractivity contribution < 1.29 is 9.18 Å². The molecular weight excluding hydrogens is 219 g/mol. The van der Waals surface area contributed by atoms with Crippen LogP contribution in [0.3, 0.4) is 0 Å². The van der Waals surface area contributed by atoms with E-state index in [0.29, 0.717) is 24.8 Å². The second-order valence-electron chi connectivity index (χ2n) is 5.29. The highest BCUT2D eigenvalue weighted by molar-refractivity contribution is 5.84. The minimum Gasteiger partial charge on any atom is -0.325 e. The molecule has 1 heterocycles. The molecule has 0 aromatic heterocycles. The van der Waals surface area contributed by atoms with E-state index in [1.54, 1.807) is 0 Å². The van der Waals surface area contributed by atoms with Crippen LogP contribution in [0.2, 0.25) is 0 Å². The Kier molecular flexibility index (Phi) is 5.37. The molecule has 1 N–H and O–H groups in total. The van der Waals surface area contributed by atoms with Crippen LogP contribution in [0.4, 0.5) is 4.39 Å². The van der Waals surface area contributed by atoms with Crippen molar-refractivity contribution in [2.45, 2.75) is 52.7 Å². The van der Waals surface area contributed by atoms with Gasteiger partial charge in [-0.3, -0.25) is 14.5 Å². The molecule has 0 radical (unpaired) electrons. The van der Waals surface area contributed by atoms with Crippen LogP contribution in [0.5, 0.6) is 0 Å². The van der Waals surface area contributed by atoms with Crippen molar-refractivity contribution in [3.05, 3.63) is 0 Å². The highest BCUT2D eigenvalue weighted by atomic mass is 19.1. The number of hydrogen-bond donors (Lipinski definition) is 1. The fraction of sp³-hybridized carbons (Fsp3) is 0.923. The minimum absolute atomic E-state index is 0.0630. The van der Waals surface area contributed by atoms with Crippen molar-refractivity contribution in [2.75, 3.05) is 13.2 Å². The molecule has 0 bridgehead atoms. The molecule has 0 aromatic carbocycles. The van der Waals surface area contributed by atoms with E-state index in [4.69, 9.17) is 0 Å². The number of alkyl halides is 1. The van der Waals surface area contributed by atoms with Gasteiger partial charge in [-0.2, -0.15) is 0 Å². The fourth-order valence-corrected chi connectivity index (χ4v) is 2.34. The Morgan fingerprint density at radius 3 is 2.53 bits per heavy atom. The summed E-state index contributed by atoms with van der Waals surface area (Å²) in [6.45, 7) is 8.53. The average molecular weight is 244 g/mol. The van der Waals surface area contributed by atoms with Crippen molar-refractivity contribution in [3.63, 3.8) is 0 Å². The van der Waals surface area contributed by atoms with E-state index in [-0.39, 0.29) is 24.8 Å². The lowest BCUT2D eigenvalue weighted by Gasteiger charge is -2.26. The predicted octanol–water partition coefficient (Wildman–Crippen LogP) is 2.17. The minimum atomic E-state index is -0.359. The molecular formula is C13H25FN2O. The summed E-state index contributed by atoms with van der Waals surface area (Å²) in [5.41, 5.74) is 0. The normalized spacial score (nSPS) is 26.9. The SMILES string of the molecule is CCC(C)C1NC(C(C)C)N(CCCF)C1=O. The van der Waals surface area contributed by atoms with Gasteiger partial charge in [0.15, 0.2) is 0 Å². The molecule has 3 nitrogen and oxygen atoms in total. The van der Waals surface area contributed by atoms with E-state index in [1.165, 1.54) is 0 Å². The average Bonchev–Trinajstić information content (AvgIpc) is 2.63. The monoisotopic (exact) mass is 244 g/mol. The van der Waals surface area contributed by atoms with Crippen LogP contribution < -0.4 is 5.32 Å². The van der Waals surface area contributed by atoms with Crippen molar-refractivity contribution in [1.29, 1.82) is 0 Å². The van der Waals surface area contributed by atoms with Crippen LogP contribution in [-0.2, 0) is 4.79 Å². The van der Waals surface area contributed by atoms with E-state index in [9.17, 15) is 9.18 Å². The third-order valence-corrected chi connectivity index (χ3v) is 3.61. The molecule has 1 amide bonds. The molecule has 1 aliphatic heterocycles. The van der Waals surface area contributed by atoms with Gasteiger partial charge in [-0.25, -0.2) is 0 Å². The van der Waals surface area contributed by atoms with E-state index >= 15 is 0 Å². The first-order chi connectivity index (χ1) is 8.02. The molecule has 0 aromatic rings. The molecule has 0 aliphatic carbocycles. The Bertz CT molecular complexity index is 258. The van der Waals surface area contributed by atoms with Gasteiger partial charge in [0, 0.05) is 6.54 Å². The maximum atomic E-state index is 12.3. The predicted molar refractivity (Wildman–Crippen MR) is 67.3 cm³/mol. The van der Waals surface area contributed by atoms with Gasteiger partial charge >= 0.3 is 0 Å². The van der Waals surface area contributed by atoms with E-state index in [0.717, 1.165) is 6.42 Å². The van der Waals surface area contributed by atoms with Crippen LogP contribution in [0.1, 0.15) is 40.5 Å². The lowest BCUT2D eigenvalue weighted by molar-refractivity contribution is -0.131. The maximum Gasteiger partial charge on any atom is 0.241 e. The van der Waals surface area contributed by atoms with Gasteiger partial charge in [0.25, 0.3) is 0 Å². The smallest absolute Gasteiger partial charge is 0.241 e. The third-order valence-electron chi connectivity index (χ3n) is 3.61. The first kappa shape index (κ1) is 14.4. The van der Waals surface area contributed by atoms with Crippen molar-refractivity contribution in [3.8, 4) is 0 Å². The molecule has 1 rings (SSSR count). The Balaban J connectivity index is 2.74. The molecule has 1 fully saturated rings. The van der Waals surface area contributed by atoms with Gasteiger partial charge in [-0.05, 0) is 18.3 Å². The highest BCUT2D eigenvalue weighted by Crippen LogP contribution is 2.23. The van der Waals surface area contributed by atoms with Crippen molar-refractivity contribution >= 4 is 5.91 Å². The van der Waals surface area contributed by atoms with Crippen LogP contribution >= 0.6 is 0 Å². The standard InChI is InChI=1S/C13H25FN2O/c1-5-10(4)11-13(17)16(8-6-7-14)12(15-11)9(2)3/h9-12,15H,5-8H2,1-4H3. The zero-order valence-corrected chi connectivity index (χ0v) is 11.4. The summed E-state index contributed by atoms with van der Waals surface area (Å²) in [5.74, 6) is 0.832. The molecule has 0 saturated carbocycles. The highest BCUT2D eigenvalue weighted by Gasteiger charge is 2.41. The van der Waals surface area contributed by atoms with Crippen LogP contribution in [0, 0.1) is 11.8 Å². The largest absolute Gasteiger partial charge is 0.325 e. The number of hydrogen-bond acceptors (Lipinski definition) is 2. The number of rotatable bonds is 6. The summed E-state index contributed by atoms with van der Waals surface area (Å²) < 4.78 is 12.3. The lowest BCUT2D eigenvalue weighted by Crippen LogP contribution is -2.42. The summed E-state index contributed by atoms with van der Waals surface area (Å²) in [6, 6.07) is -0.0907. The number of carbonyl (C=O) groups is 1. The zero-order chi connectivity index (χ0) is 13.0. The molecule has 1 aliphatic rings. The van der Waals surface area contributed by atoms with Gasteiger partial charge in [-0.15, -0.1) is 0 Å². The summed E-state index contributed by atoms with van der Waals surface area (Å²) in [5, 5.41) is 3.40. The first-order valence-electron chi connectivity index (χ1n) is 6.65. The zero-order valence-electron chi connectivity index (χ0n) is 11.4. The number of nitrogens with zero attached hydrogens (tertiary/aromatic N) is 1. The molecule has 100 valence electrons. The second kappa shape index (κ2) is 6.34. The molecule has 17 heavy (non-hydrogen) atoms. The second-order valence-corrected chi connectivity index (χ2v) is 5.29. The number of amides is 1. The molecule has 3 unspecified atom stereocenters. The lowest BCUT2D eigenvalue weighted by atomic mass is 9.99. The molecule has 3 atom stereocenters. The summed E-state index contributed by atoms with van der Waals surface area (Å²) in [4.78, 5) is 14.1. The quantitative estimate of drug-likeness (QED) is 0.776. The maximum absolute atomic E-state index is 12.3. The summed E-state index contributed by atoms with van der Waals surface area (Å²) in [6.07, 6.45) is 1.47. The number of nitrogens with one attached hydrogen (secondary N) is 1. The molecule has 4 heteroatoms. The Morgan fingerprint density at radius 2 is 2.06 bits per heavy atom. The Morgan fingerprint density at radius 1 is 1.41 bits per heavy atom. The Hall–Kier alpha value is -0.640. The third kappa shape index (κ3) is 3.18. The number of halogens is 1.